The van der Waals surface area contributed by atoms with E-state index in [-0.39, 0.29) is 0 Å². The minimum absolute atomic E-state index is 1.18. The second-order valence-corrected chi connectivity index (χ2v) is 19.1. The van der Waals surface area contributed by atoms with Gasteiger partial charge in [0.2, 0.25) is 0 Å². The Labute approximate surface area is 419 Å². The molecule has 0 bridgehead atoms. The van der Waals surface area contributed by atoms with E-state index in [1.807, 2.05) is 0 Å². The van der Waals surface area contributed by atoms with E-state index in [4.69, 9.17) is 0 Å². The van der Waals surface area contributed by atoms with Crippen molar-refractivity contribution in [2.45, 2.75) is 0 Å². The molecule has 0 saturated carbocycles. The number of rotatable bonds is 7. The number of fused-ring (bicyclic) bond motifs is 6. The minimum atomic E-state index is 1.18. The molecule has 0 aliphatic heterocycles. The summed E-state index contributed by atoms with van der Waals surface area (Å²) in [5, 5.41) is 15.0. The van der Waals surface area contributed by atoms with Gasteiger partial charge in [-0.05, 0) is 161 Å². The van der Waals surface area contributed by atoms with Crippen LogP contribution in [-0.4, -0.2) is 0 Å². The van der Waals surface area contributed by atoms with Gasteiger partial charge < -0.3 is 0 Å². The lowest BCUT2D eigenvalue weighted by Gasteiger charge is -2.19. The summed E-state index contributed by atoms with van der Waals surface area (Å²) in [6, 6.07) is 103. The molecule has 0 aliphatic rings. The largest absolute Gasteiger partial charge is 0.0622 e. The zero-order valence-corrected chi connectivity index (χ0v) is 39.6. The topological polar surface area (TPSA) is 0 Å². The Kier molecular flexibility index (Phi) is 9.96. The molecule has 0 saturated heterocycles. The summed E-state index contributed by atoms with van der Waals surface area (Å²) < 4.78 is 0. The van der Waals surface area contributed by atoms with Crippen LogP contribution in [0.2, 0.25) is 0 Å². The Bertz CT molecular complexity index is 4330. The van der Waals surface area contributed by atoms with Crippen molar-refractivity contribution in [1.82, 2.24) is 0 Å². The van der Waals surface area contributed by atoms with Crippen LogP contribution < -0.4 is 0 Å². The fourth-order valence-electron chi connectivity index (χ4n) is 11.6. The lowest BCUT2D eigenvalue weighted by atomic mass is 9.84. The summed E-state index contributed by atoms with van der Waals surface area (Å²) in [6.45, 7) is 0. The van der Waals surface area contributed by atoms with Crippen LogP contribution in [0.15, 0.2) is 279 Å². The van der Waals surface area contributed by atoms with E-state index in [0.29, 0.717) is 0 Å². The van der Waals surface area contributed by atoms with Crippen molar-refractivity contribution < 1.29 is 0 Å². The van der Waals surface area contributed by atoms with Crippen molar-refractivity contribution >= 4 is 64.6 Å². The van der Waals surface area contributed by atoms with Crippen LogP contribution in [-0.2, 0) is 0 Å². The molecular weight excluding hydrogens is 865 g/mol. The number of hydrogen-bond acceptors (Lipinski definition) is 0. The summed E-state index contributed by atoms with van der Waals surface area (Å²) in [5.74, 6) is 0. The normalized spacial score (nSPS) is 11.6. The fraction of sp³-hybridized carbons (Fsp3) is 0. The van der Waals surface area contributed by atoms with Crippen LogP contribution in [0.25, 0.3) is 143 Å². The van der Waals surface area contributed by atoms with Gasteiger partial charge >= 0.3 is 0 Å². The van der Waals surface area contributed by atoms with Crippen LogP contribution in [0.4, 0.5) is 0 Å². The van der Waals surface area contributed by atoms with E-state index in [0.717, 1.165) is 0 Å². The molecule has 0 heteroatoms. The number of hydrogen-bond donors (Lipinski definition) is 0. The molecule has 14 aromatic carbocycles. The predicted molar refractivity (Wildman–Crippen MR) is 310 cm³/mol. The first-order valence-electron chi connectivity index (χ1n) is 25.0. The Morgan fingerprint density at radius 2 is 0.375 bits per heavy atom. The van der Waals surface area contributed by atoms with E-state index < -0.39 is 0 Å². The van der Waals surface area contributed by atoms with Gasteiger partial charge in [-0.25, -0.2) is 0 Å². The van der Waals surface area contributed by atoms with E-state index in [9.17, 15) is 0 Å². The minimum Gasteiger partial charge on any atom is -0.0622 e. The molecule has 0 aliphatic carbocycles. The predicted octanol–water partition coefficient (Wildman–Crippen LogP) is 20.3. The van der Waals surface area contributed by atoms with E-state index in [2.05, 4.69) is 279 Å². The maximum Gasteiger partial charge on any atom is -0.00261 e. The molecule has 0 atom stereocenters. The van der Waals surface area contributed by atoms with Crippen molar-refractivity contribution in [1.29, 1.82) is 0 Å². The average molecular weight is 911 g/mol. The van der Waals surface area contributed by atoms with Crippen LogP contribution in [0.1, 0.15) is 0 Å². The van der Waals surface area contributed by atoms with Crippen LogP contribution in [0, 0.1) is 0 Å². The van der Waals surface area contributed by atoms with E-state index in [1.165, 1.54) is 143 Å². The van der Waals surface area contributed by atoms with Gasteiger partial charge in [0.15, 0.2) is 0 Å². The maximum atomic E-state index is 2.44. The SMILES string of the molecule is c1ccc(-c2c3ccccc3c(-c3ccc(-c4ccc5c(-c6ccc(-c7ccc8ccccc8c7)cc6)c6ccccc6c(-c6ccc(-c7ccc8ccccc8c7)cc6)c5c4)cc3)c3ccccc23)cc1. The molecule has 0 nitrogen and oxygen atoms in total. The first-order chi connectivity index (χ1) is 35.7. The highest BCUT2D eigenvalue weighted by atomic mass is 14.2. The zero-order valence-electron chi connectivity index (χ0n) is 39.6. The third-order valence-corrected chi connectivity index (χ3v) is 15.0. The van der Waals surface area contributed by atoms with E-state index in [1.54, 1.807) is 0 Å². The molecule has 0 aromatic heterocycles. The standard InChI is InChI=1S/C72H46/c1-2-16-52(17-3-1)69-61-20-8-10-22-63(61)70(64-23-11-9-21-62(64)69)53-36-30-51(31-37-53)60-42-43-67-68(46-60)72(55-38-28-50(29-39-55)59-41-33-48-15-5-7-19-57(48)45-59)66-25-13-12-24-65(66)71(67)54-34-26-49(27-35-54)58-40-32-47-14-4-6-18-56(47)44-58/h1-46H. The highest BCUT2D eigenvalue weighted by molar-refractivity contribution is 6.23. The van der Waals surface area contributed by atoms with Gasteiger partial charge in [-0.15, -0.1) is 0 Å². The van der Waals surface area contributed by atoms with Gasteiger partial charge in [0.1, 0.15) is 0 Å². The van der Waals surface area contributed by atoms with Gasteiger partial charge in [-0.2, -0.15) is 0 Å². The molecule has 72 heavy (non-hydrogen) atoms. The summed E-state index contributed by atoms with van der Waals surface area (Å²) in [7, 11) is 0. The summed E-state index contributed by atoms with van der Waals surface area (Å²) in [6.07, 6.45) is 0. The van der Waals surface area contributed by atoms with Crippen molar-refractivity contribution in [2.75, 3.05) is 0 Å². The van der Waals surface area contributed by atoms with Gasteiger partial charge in [-0.3, -0.25) is 0 Å². The van der Waals surface area contributed by atoms with Gasteiger partial charge in [0, 0.05) is 0 Å². The third-order valence-electron chi connectivity index (χ3n) is 15.0. The molecule has 0 spiro atoms. The van der Waals surface area contributed by atoms with Crippen LogP contribution in [0.5, 0.6) is 0 Å². The Hall–Kier alpha value is -9.36. The van der Waals surface area contributed by atoms with Crippen molar-refractivity contribution in [3.8, 4) is 77.9 Å². The Morgan fingerprint density at radius 1 is 0.125 bits per heavy atom. The Morgan fingerprint density at radius 3 is 0.764 bits per heavy atom. The first kappa shape index (κ1) is 41.6. The fourth-order valence-corrected chi connectivity index (χ4v) is 11.6. The molecule has 0 N–H and O–H groups in total. The molecule has 0 fully saturated rings. The highest BCUT2D eigenvalue weighted by Crippen LogP contribution is 2.47. The van der Waals surface area contributed by atoms with Crippen molar-refractivity contribution in [3.05, 3.63) is 279 Å². The highest BCUT2D eigenvalue weighted by Gasteiger charge is 2.20. The molecular formula is C72H46. The molecule has 334 valence electrons. The molecule has 14 aromatic rings. The zero-order chi connectivity index (χ0) is 47.5. The lowest BCUT2D eigenvalue weighted by Crippen LogP contribution is -1.92. The van der Waals surface area contributed by atoms with Crippen molar-refractivity contribution in [2.24, 2.45) is 0 Å². The van der Waals surface area contributed by atoms with E-state index >= 15 is 0 Å². The summed E-state index contributed by atoms with van der Waals surface area (Å²) in [4.78, 5) is 0. The number of benzene rings is 14. The summed E-state index contributed by atoms with van der Waals surface area (Å²) >= 11 is 0. The second-order valence-electron chi connectivity index (χ2n) is 19.1. The second kappa shape index (κ2) is 17.2. The average Bonchev–Trinajstić information content (AvgIpc) is 3.46. The molecule has 0 amide bonds. The lowest BCUT2D eigenvalue weighted by molar-refractivity contribution is 1.61. The van der Waals surface area contributed by atoms with Crippen LogP contribution in [0.3, 0.4) is 0 Å². The smallest absolute Gasteiger partial charge is 0.00261 e. The maximum absolute atomic E-state index is 2.44. The quantitative estimate of drug-likeness (QED) is 0.140. The summed E-state index contributed by atoms with van der Waals surface area (Å²) in [5.41, 5.74) is 17.1. The molecule has 0 unspecified atom stereocenters. The first-order valence-corrected chi connectivity index (χ1v) is 25.0. The van der Waals surface area contributed by atoms with Gasteiger partial charge in [0.25, 0.3) is 0 Å². The molecule has 14 rings (SSSR count). The monoisotopic (exact) mass is 910 g/mol. The third kappa shape index (κ3) is 7.07. The van der Waals surface area contributed by atoms with Gasteiger partial charge in [0.05, 0.1) is 0 Å². The Balaban J connectivity index is 0.926. The molecule has 0 radical (unpaired) electrons. The molecule has 0 heterocycles. The van der Waals surface area contributed by atoms with Gasteiger partial charge in [-0.1, -0.05) is 261 Å². The van der Waals surface area contributed by atoms with Crippen molar-refractivity contribution in [3.63, 3.8) is 0 Å². The van der Waals surface area contributed by atoms with Crippen LogP contribution >= 0.6 is 0 Å².